The highest BCUT2D eigenvalue weighted by molar-refractivity contribution is 7.10. The van der Waals surface area contributed by atoms with E-state index in [9.17, 15) is 4.39 Å². The van der Waals surface area contributed by atoms with Crippen LogP contribution in [0.15, 0.2) is 53.9 Å². The molecule has 0 saturated carbocycles. The number of nitrogens with one attached hydrogen (secondary N) is 1. The smallest absolute Gasteiger partial charge is 0.127 e. The number of benzene rings is 2. The summed E-state index contributed by atoms with van der Waals surface area (Å²) in [5.74, 6) is -0.308. The highest BCUT2D eigenvalue weighted by Gasteiger charge is 2.12. The Labute approximate surface area is 144 Å². The van der Waals surface area contributed by atoms with Gasteiger partial charge in [0.2, 0.25) is 0 Å². The van der Waals surface area contributed by atoms with Gasteiger partial charge in [-0.15, -0.1) is 11.3 Å². The van der Waals surface area contributed by atoms with E-state index in [0.717, 1.165) is 16.3 Å². The molecule has 0 aliphatic heterocycles. The lowest BCUT2D eigenvalue weighted by Gasteiger charge is -2.12. The molecule has 0 spiro atoms. The van der Waals surface area contributed by atoms with Crippen molar-refractivity contribution < 1.29 is 4.39 Å². The first-order chi connectivity index (χ1) is 11.7. The fraction of sp³-hybridized carbons (Fsp3) is 0.158. The van der Waals surface area contributed by atoms with Gasteiger partial charge >= 0.3 is 0 Å². The van der Waals surface area contributed by atoms with Crippen molar-refractivity contribution in [3.63, 3.8) is 0 Å². The van der Waals surface area contributed by atoms with Crippen LogP contribution in [0.5, 0.6) is 0 Å². The highest BCUT2D eigenvalue weighted by atomic mass is 32.1. The van der Waals surface area contributed by atoms with Crippen LogP contribution < -0.4 is 5.32 Å². The van der Waals surface area contributed by atoms with Crippen molar-refractivity contribution in [3.8, 4) is 17.3 Å². The normalized spacial score (nSPS) is 11.9. The van der Waals surface area contributed by atoms with Crippen molar-refractivity contribution in [2.75, 3.05) is 0 Å². The van der Waals surface area contributed by atoms with Crippen molar-refractivity contribution in [1.29, 1.82) is 5.26 Å². The van der Waals surface area contributed by atoms with Gasteiger partial charge < -0.3 is 5.32 Å². The van der Waals surface area contributed by atoms with E-state index in [1.165, 1.54) is 12.1 Å². The number of rotatable bonds is 5. The Kier molecular flexibility index (Phi) is 4.99. The number of nitriles is 1. The molecule has 2 aromatic carbocycles. The molecule has 1 heterocycles. The van der Waals surface area contributed by atoms with Gasteiger partial charge in [-0.3, -0.25) is 0 Å². The van der Waals surface area contributed by atoms with Gasteiger partial charge in [0.25, 0.3) is 0 Å². The lowest BCUT2D eigenvalue weighted by atomic mass is 10.1. The third-order valence-corrected chi connectivity index (χ3v) is 4.76. The maximum Gasteiger partial charge on any atom is 0.127 e. The van der Waals surface area contributed by atoms with Gasteiger partial charge in [-0.2, -0.15) is 5.26 Å². The third-order valence-electron chi connectivity index (χ3n) is 3.74. The molecule has 3 rings (SSSR count). The third kappa shape index (κ3) is 3.67. The Bertz CT molecular complexity index is 868. The molecule has 3 aromatic rings. The molecular weight excluding hydrogens is 321 g/mol. The minimum atomic E-state index is -0.308. The van der Waals surface area contributed by atoms with E-state index in [4.69, 9.17) is 5.26 Å². The van der Waals surface area contributed by atoms with E-state index >= 15 is 0 Å². The maximum absolute atomic E-state index is 13.8. The molecule has 0 saturated heterocycles. The van der Waals surface area contributed by atoms with Gasteiger partial charge in [-0.05, 0) is 25.1 Å². The summed E-state index contributed by atoms with van der Waals surface area (Å²) >= 11 is 1.58. The predicted molar refractivity (Wildman–Crippen MR) is 93.9 cm³/mol. The first-order valence-corrected chi connectivity index (χ1v) is 8.48. The zero-order valence-electron chi connectivity index (χ0n) is 13.2. The molecule has 1 aromatic heterocycles. The number of thiazole rings is 1. The molecule has 0 amide bonds. The first-order valence-electron chi connectivity index (χ1n) is 7.60. The van der Waals surface area contributed by atoms with Crippen LogP contribution in [-0.4, -0.2) is 4.98 Å². The van der Waals surface area contributed by atoms with Crippen molar-refractivity contribution in [2.24, 2.45) is 0 Å². The monoisotopic (exact) mass is 337 g/mol. The quantitative estimate of drug-likeness (QED) is 0.736. The van der Waals surface area contributed by atoms with Gasteiger partial charge in [-0.1, -0.05) is 30.3 Å². The van der Waals surface area contributed by atoms with Crippen LogP contribution in [0, 0.1) is 17.1 Å². The Morgan fingerprint density at radius 1 is 1.25 bits per heavy atom. The molecular formula is C19H16FN3S. The Morgan fingerprint density at radius 3 is 2.79 bits per heavy atom. The van der Waals surface area contributed by atoms with Crippen LogP contribution in [-0.2, 0) is 6.54 Å². The second-order valence-electron chi connectivity index (χ2n) is 5.46. The maximum atomic E-state index is 13.8. The van der Waals surface area contributed by atoms with Crippen LogP contribution in [0.3, 0.4) is 0 Å². The summed E-state index contributed by atoms with van der Waals surface area (Å²) in [6.45, 7) is 2.35. The second-order valence-corrected chi connectivity index (χ2v) is 6.35. The van der Waals surface area contributed by atoms with Crippen molar-refractivity contribution >= 4 is 11.3 Å². The van der Waals surface area contributed by atoms with E-state index in [0.29, 0.717) is 17.7 Å². The van der Waals surface area contributed by atoms with Gasteiger partial charge in [0.1, 0.15) is 10.8 Å². The van der Waals surface area contributed by atoms with Crippen LogP contribution >= 0.6 is 11.3 Å². The molecule has 1 N–H and O–H groups in total. The van der Waals surface area contributed by atoms with Crippen LogP contribution in [0.1, 0.15) is 29.1 Å². The molecule has 0 aliphatic carbocycles. The fourth-order valence-corrected chi connectivity index (χ4v) is 3.22. The van der Waals surface area contributed by atoms with Gasteiger partial charge in [0, 0.05) is 23.1 Å². The lowest BCUT2D eigenvalue weighted by Crippen LogP contribution is -2.18. The Hall–Kier alpha value is -2.55. The average molecular weight is 337 g/mol. The number of nitrogens with zero attached hydrogens (tertiary/aromatic N) is 2. The average Bonchev–Trinajstić information content (AvgIpc) is 3.12. The van der Waals surface area contributed by atoms with E-state index < -0.39 is 0 Å². The summed E-state index contributed by atoms with van der Waals surface area (Å²) in [6, 6.07) is 16.4. The van der Waals surface area contributed by atoms with Crippen LogP contribution in [0.2, 0.25) is 0 Å². The topological polar surface area (TPSA) is 48.7 Å². The number of halogens is 1. The minimum absolute atomic E-state index is 0.00222. The van der Waals surface area contributed by atoms with Crippen LogP contribution in [0.4, 0.5) is 4.39 Å². The number of aromatic nitrogens is 1. The highest BCUT2D eigenvalue weighted by Crippen LogP contribution is 2.25. The standard InChI is InChI=1S/C19H16FN3S/c1-13(22-11-16-9-14(10-21)7-8-17(16)20)19-23-18(12-24-19)15-5-3-2-4-6-15/h2-9,12-13,22H,11H2,1H3/t13-/m1/s1. The molecule has 0 aliphatic rings. The largest absolute Gasteiger partial charge is 0.304 e. The molecule has 0 fully saturated rings. The molecule has 24 heavy (non-hydrogen) atoms. The summed E-state index contributed by atoms with van der Waals surface area (Å²) < 4.78 is 13.8. The molecule has 0 bridgehead atoms. The summed E-state index contributed by atoms with van der Waals surface area (Å²) in [5.41, 5.74) is 2.98. The molecule has 120 valence electrons. The Balaban J connectivity index is 1.69. The van der Waals surface area contributed by atoms with E-state index in [1.54, 1.807) is 17.4 Å². The molecule has 1 atom stereocenters. The van der Waals surface area contributed by atoms with Crippen molar-refractivity contribution in [1.82, 2.24) is 10.3 Å². The predicted octanol–water partition coefficient (Wildman–Crippen LogP) is 4.67. The summed E-state index contributed by atoms with van der Waals surface area (Å²) in [7, 11) is 0. The summed E-state index contributed by atoms with van der Waals surface area (Å²) in [4.78, 5) is 4.66. The van der Waals surface area contributed by atoms with Crippen LogP contribution in [0.25, 0.3) is 11.3 Å². The van der Waals surface area contributed by atoms with Gasteiger partial charge in [0.05, 0.1) is 23.4 Å². The molecule has 3 nitrogen and oxygen atoms in total. The summed E-state index contributed by atoms with van der Waals surface area (Å²) in [6.07, 6.45) is 0. The number of hydrogen-bond donors (Lipinski definition) is 1. The molecule has 5 heteroatoms. The zero-order chi connectivity index (χ0) is 16.9. The van der Waals surface area contributed by atoms with E-state index in [1.807, 2.05) is 48.7 Å². The van der Waals surface area contributed by atoms with Crippen molar-refractivity contribution in [3.05, 3.63) is 75.9 Å². The molecule has 0 unspecified atom stereocenters. The van der Waals surface area contributed by atoms with E-state index in [-0.39, 0.29) is 11.9 Å². The first kappa shape index (κ1) is 16.3. The fourth-order valence-electron chi connectivity index (χ4n) is 2.36. The van der Waals surface area contributed by atoms with Gasteiger partial charge in [0.15, 0.2) is 0 Å². The number of hydrogen-bond acceptors (Lipinski definition) is 4. The lowest BCUT2D eigenvalue weighted by molar-refractivity contribution is 0.542. The second kappa shape index (κ2) is 7.35. The van der Waals surface area contributed by atoms with Crippen molar-refractivity contribution in [2.45, 2.75) is 19.5 Å². The van der Waals surface area contributed by atoms with E-state index in [2.05, 4.69) is 10.3 Å². The summed E-state index contributed by atoms with van der Waals surface area (Å²) in [5, 5.41) is 15.2. The Morgan fingerprint density at radius 2 is 2.04 bits per heavy atom. The SMILES string of the molecule is C[C@@H](NCc1cc(C#N)ccc1F)c1nc(-c2ccccc2)cs1. The zero-order valence-corrected chi connectivity index (χ0v) is 14.0. The van der Waals surface area contributed by atoms with Gasteiger partial charge in [-0.25, -0.2) is 9.37 Å². The minimum Gasteiger partial charge on any atom is -0.304 e. The molecule has 0 radical (unpaired) electrons.